The molecule has 0 radical (unpaired) electrons. The van der Waals surface area contributed by atoms with E-state index in [9.17, 15) is 24.5 Å². The first-order valence-corrected chi connectivity index (χ1v) is 12.2. The van der Waals surface area contributed by atoms with Crippen molar-refractivity contribution in [3.63, 3.8) is 0 Å². The van der Waals surface area contributed by atoms with Gasteiger partial charge in [0.25, 0.3) is 5.69 Å². The van der Waals surface area contributed by atoms with Crippen LogP contribution >= 0.6 is 11.8 Å². The van der Waals surface area contributed by atoms with Crippen LogP contribution in [0.25, 0.3) is 0 Å². The van der Waals surface area contributed by atoms with E-state index in [0.717, 1.165) is 0 Å². The van der Waals surface area contributed by atoms with Crippen LogP contribution in [0.1, 0.15) is 46.6 Å². The van der Waals surface area contributed by atoms with Crippen molar-refractivity contribution in [2.75, 3.05) is 12.3 Å². The van der Waals surface area contributed by atoms with Crippen molar-refractivity contribution in [3.8, 4) is 0 Å². The average molecular weight is 544 g/mol. The van der Waals surface area contributed by atoms with Gasteiger partial charge in [0.15, 0.2) is 5.76 Å². The zero-order chi connectivity index (χ0) is 27.8. The van der Waals surface area contributed by atoms with Gasteiger partial charge in [-0.05, 0) is 32.9 Å². The molecule has 38 heavy (non-hydrogen) atoms. The van der Waals surface area contributed by atoms with Crippen LogP contribution in [0.5, 0.6) is 0 Å². The quantitative estimate of drug-likeness (QED) is 0.152. The fraction of sp³-hybridized carbons (Fsp3) is 0.292. The second-order valence-electron chi connectivity index (χ2n) is 7.98. The van der Waals surface area contributed by atoms with Crippen LogP contribution in [0.2, 0.25) is 0 Å². The Morgan fingerprint density at radius 3 is 2.55 bits per heavy atom. The number of ether oxygens (including phenoxy) is 1. The predicted molar refractivity (Wildman–Crippen MR) is 137 cm³/mol. The van der Waals surface area contributed by atoms with Gasteiger partial charge in [0.1, 0.15) is 17.4 Å². The molecule has 0 saturated carbocycles. The fourth-order valence-electron chi connectivity index (χ4n) is 3.27. The summed E-state index contributed by atoms with van der Waals surface area (Å²) >= 11 is 1.28. The second-order valence-corrected chi connectivity index (χ2v) is 9.05. The minimum atomic E-state index is -0.818. The van der Waals surface area contributed by atoms with E-state index < -0.39 is 16.7 Å². The summed E-state index contributed by atoms with van der Waals surface area (Å²) in [5.41, 5.74) is 7.10. The Kier molecular flexibility index (Phi) is 9.38. The topological polar surface area (TPSA) is 185 Å². The number of anilines is 1. The van der Waals surface area contributed by atoms with Gasteiger partial charge in [0, 0.05) is 40.9 Å². The lowest BCUT2D eigenvalue weighted by atomic mass is 10.2. The van der Waals surface area contributed by atoms with Crippen LogP contribution in [-0.2, 0) is 21.8 Å². The van der Waals surface area contributed by atoms with Crippen LogP contribution in [0.4, 0.5) is 11.5 Å². The van der Waals surface area contributed by atoms with Gasteiger partial charge >= 0.3 is 11.8 Å². The highest BCUT2D eigenvalue weighted by Crippen LogP contribution is 2.30. The molecule has 2 aromatic heterocycles. The van der Waals surface area contributed by atoms with E-state index in [2.05, 4.69) is 9.97 Å². The van der Waals surface area contributed by atoms with E-state index in [-0.39, 0.29) is 42.4 Å². The lowest BCUT2D eigenvalue weighted by Gasteiger charge is -2.22. The standard InChI is InChI=1S/C24H25N5O8S/c1-14(28(13-30)11-18-10-26-16(3)27-22(18)25)21(38-12-20-15(2)36-24(32)37-20)8-9-35-23(31)17-4-6-19(7-5-17)29(33)34/h4-7,10,13H,8-9,11-12H2,1-3H3,(H2,25,26,27)/b21-14-. The molecule has 13 nitrogen and oxygen atoms in total. The first-order valence-electron chi connectivity index (χ1n) is 11.2. The van der Waals surface area contributed by atoms with E-state index in [1.54, 1.807) is 27.0 Å². The number of rotatable bonds is 12. The number of non-ortho nitro benzene ring substituents is 1. The molecule has 14 heteroatoms. The van der Waals surface area contributed by atoms with Gasteiger partial charge in [-0.1, -0.05) is 0 Å². The maximum Gasteiger partial charge on any atom is 0.519 e. The van der Waals surface area contributed by atoms with Crippen LogP contribution in [0.15, 0.2) is 54.7 Å². The highest BCUT2D eigenvalue weighted by atomic mass is 32.2. The maximum absolute atomic E-state index is 12.4. The van der Waals surface area contributed by atoms with Gasteiger partial charge < -0.3 is 24.2 Å². The number of nitrogen functional groups attached to an aromatic ring is 1. The summed E-state index contributed by atoms with van der Waals surface area (Å²) in [6.07, 6.45) is 2.41. The van der Waals surface area contributed by atoms with Gasteiger partial charge in [0.2, 0.25) is 6.41 Å². The molecule has 2 N–H and O–H groups in total. The number of hydrogen-bond donors (Lipinski definition) is 1. The summed E-state index contributed by atoms with van der Waals surface area (Å²) in [5.74, 6) is 0.168. The summed E-state index contributed by atoms with van der Waals surface area (Å²) in [4.78, 5) is 56.4. The monoisotopic (exact) mass is 543 g/mol. The molecular formula is C24H25N5O8S. The number of hydrogen-bond acceptors (Lipinski definition) is 12. The van der Waals surface area contributed by atoms with Gasteiger partial charge in [-0.2, -0.15) is 0 Å². The van der Waals surface area contributed by atoms with Crippen LogP contribution < -0.4 is 11.6 Å². The van der Waals surface area contributed by atoms with Crippen LogP contribution in [-0.4, -0.2) is 38.8 Å². The molecule has 1 aromatic carbocycles. The highest BCUT2D eigenvalue weighted by molar-refractivity contribution is 8.02. The number of nitrogens with zero attached hydrogens (tertiary/aromatic N) is 4. The normalized spacial score (nSPS) is 11.6. The average Bonchev–Trinajstić information content (AvgIpc) is 3.21. The number of carbonyl (C=O) groups excluding carboxylic acids is 2. The third-order valence-electron chi connectivity index (χ3n) is 5.41. The Morgan fingerprint density at radius 1 is 1.26 bits per heavy atom. The highest BCUT2D eigenvalue weighted by Gasteiger charge is 2.18. The number of nitrogens with two attached hydrogens (primary N) is 1. The molecule has 0 spiro atoms. The van der Waals surface area contributed by atoms with Crippen LogP contribution in [0, 0.1) is 24.0 Å². The molecule has 0 aliphatic carbocycles. The summed E-state index contributed by atoms with van der Waals surface area (Å²) < 4.78 is 15.3. The number of benzene rings is 1. The number of aryl methyl sites for hydroxylation is 2. The molecule has 0 unspecified atom stereocenters. The first-order chi connectivity index (χ1) is 18.1. The minimum Gasteiger partial charge on any atom is -0.462 e. The third kappa shape index (κ3) is 7.29. The van der Waals surface area contributed by atoms with Crippen molar-refractivity contribution in [2.24, 2.45) is 0 Å². The molecular weight excluding hydrogens is 518 g/mol. The molecule has 3 rings (SSSR count). The molecule has 2 heterocycles. The largest absolute Gasteiger partial charge is 0.519 e. The molecule has 0 saturated heterocycles. The van der Waals surface area contributed by atoms with Crippen LogP contribution in [0.3, 0.4) is 0 Å². The molecule has 1 amide bonds. The number of aromatic nitrogens is 2. The SMILES string of the molecule is C/C(=C(\CCOC(=O)c1ccc([N+](=O)[O-])cc1)SCc1oc(=O)oc1C)N(C=O)Cc1cnc(C)nc1N. The molecule has 0 fully saturated rings. The Morgan fingerprint density at radius 2 is 1.97 bits per heavy atom. The zero-order valence-corrected chi connectivity index (χ0v) is 21.6. The number of nitro benzene ring substituents is 1. The zero-order valence-electron chi connectivity index (χ0n) is 20.8. The minimum absolute atomic E-state index is 0.0493. The van der Waals surface area contributed by atoms with Crippen molar-refractivity contribution in [3.05, 3.63) is 90.3 Å². The van der Waals surface area contributed by atoms with Crippen molar-refractivity contribution in [1.29, 1.82) is 0 Å². The van der Waals surface area contributed by atoms with E-state index >= 15 is 0 Å². The third-order valence-corrected chi connectivity index (χ3v) is 6.66. The fourth-order valence-corrected chi connectivity index (χ4v) is 4.39. The molecule has 200 valence electrons. The molecule has 0 aliphatic rings. The number of thioether (sulfide) groups is 1. The van der Waals surface area contributed by atoms with E-state index in [1.165, 1.54) is 40.9 Å². The van der Waals surface area contributed by atoms with Gasteiger partial charge in [-0.3, -0.25) is 14.9 Å². The smallest absolute Gasteiger partial charge is 0.462 e. The number of carbonyl (C=O) groups is 2. The molecule has 0 aliphatic heterocycles. The van der Waals surface area contributed by atoms with E-state index in [1.807, 2.05) is 0 Å². The second kappa shape index (κ2) is 12.7. The summed E-state index contributed by atoms with van der Waals surface area (Å²) in [6, 6.07) is 5.04. The van der Waals surface area contributed by atoms with Crippen molar-refractivity contribution < 1.29 is 28.1 Å². The Labute approximate surface area is 220 Å². The first kappa shape index (κ1) is 28.1. The Hall–Kier alpha value is -4.46. The van der Waals surface area contributed by atoms with Crippen molar-refractivity contribution >= 4 is 35.6 Å². The summed E-state index contributed by atoms with van der Waals surface area (Å²) in [5, 5.41) is 10.8. The van der Waals surface area contributed by atoms with Crippen molar-refractivity contribution in [2.45, 2.75) is 39.5 Å². The van der Waals surface area contributed by atoms with Gasteiger partial charge in [0.05, 0.1) is 29.4 Å². The van der Waals surface area contributed by atoms with Gasteiger partial charge in [-0.15, -0.1) is 11.8 Å². The number of amides is 1. The van der Waals surface area contributed by atoms with E-state index in [4.69, 9.17) is 19.3 Å². The van der Waals surface area contributed by atoms with E-state index in [0.29, 0.717) is 39.9 Å². The lowest BCUT2D eigenvalue weighted by molar-refractivity contribution is -0.384. The van der Waals surface area contributed by atoms with Gasteiger partial charge in [-0.25, -0.2) is 19.6 Å². The molecule has 3 aromatic rings. The summed E-state index contributed by atoms with van der Waals surface area (Å²) in [7, 11) is 0. The number of esters is 1. The number of allylic oxidation sites excluding steroid dienone is 1. The molecule has 0 atom stereocenters. The Balaban J connectivity index is 1.77. The van der Waals surface area contributed by atoms with Crippen molar-refractivity contribution in [1.82, 2.24) is 14.9 Å². The number of nitro groups is 1. The Bertz CT molecular complexity index is 1410. The predicted octanol–water partition coefficient (Wildman–Crippen LogP) is 3.50. The lowest BCUT2D eigenvalue weighted by Crippen LogP contribution is -2.22. The molecule has 0 bridgehead atoms. The summed E-state index contributed by atoms with van der Waals surface area (Å²) in [6.45, 7) is 5.07. The maximum atomic E-state index is 12.4.